The van der Waals surface area contributed by atoms with Crippen LogP contribution in [0.1, 0.15) is 28.4 Å². The molecule has 0 atom stereocenters. The molecular formula is C24H21FN2O4. The molecule has 3 rings (SSSR count). The van der Waals surface area contributed by atoms with Crippen LogP contribution in [-0.2, 0) is 22.6 Å². The normalized spacial score (nSPS) is 10.3. The van der Waals surface area contributed by atoms with Crippen molar-refractivity contribution in [1.82, 2.24) is 5.32 Å². The molecule has 0 radical (unpaired) electrons. The van der Waals surface area contributed by atoms with Crippen molar-refractivity contribution >= 4 is 23.5 Å². The van der Waals surface area contributed by atoms with Gasteiger partial charge in [-0.05, 0) is 53.6 Å². The molecule has 0 aliphatic heterocycles. The number of carbonyl (C=O) groups excluding carboxylic acids is 3. The lowest BCUT2D eigenvalue weighted by Crippen LogP contribution is -2.24. The van der Waals surface area contributed by atoms with E-state index < -0.39 is 5.97 Å². The Labute approximate surface area is 179 Å². The Morgan fingerprint density at radius 2 is 1.65 bits per heavy atom. The maximum Gasteiger partial charge on any atom is 0.308 e. The van der Waals surface area contributed by atoms with Crippen molar-refractivity contribution < 1.29 is 23.5 Å². The van der Waals surface area contributed by atoms with E-state index >= 15 is 0 Å². The van der Waals surface area contributed by atoms with E-state index in [9.17, 15) is 18.8 Å². The number of rotatable bonds is 7. The van der Waals surface area contributed by atoms with Crippen molar-refractivity contribution in [3.63, 3.8) is 0 Å². The number of ether oxygens (including phenoxy) is 1. The quantitative estimate of drug-likeness (QED) is 0.449. The Hall–Kier alpha value is -4.00. The van der Waals surface area contributed by atoms with Crippen molar-refractivity contribution in [3.8, 4) is 5.75 Å². The summed E-state index contributed by atoms with van der Waals surface area (Å²) < 4.78 is 18.2. The number of esters is 1. The zero-order valence-electron chi connectivity index (χ0n) is 16.9. The molecule has 0 saturated carbocycles. The molecule has 0 unspecified atom stereocenters. The Morgan fingerprint density at radius 3 is 2.35 bits per heavy atom. The Balaban J connectivity index is 1.52. The summed E-state index contributed by atoms with van der Waals surface area (Å²) >= 11 is 0. The van der Waals surface area contributed by atoms with Gasteiger partial charge in [0.15, 0.2) is 0 Å². The molecule has 31 heavy (non-hydrogen) atoms. The number of benzene rings is 3. The van der Waals surface area contributed by atoms with E-state index in [1.165, 1.54) is 25.1 Å². The largest absolute Gasteiger partial charge is 0.427 e. The van der Waals surface area contributed by atoms with Gasteiger partial charge in [-0.2, -0.15) is 0 Å². The molecule has 3 aromatic rings. The second kappa shape index (κ2) is 10.2. The van der Waals surface area contributed by atoms with E-state index in [0.717, 1.165) is 5.56 Å². The monoisotopic (exact) mass is 420 g/mol. The third-order valence-electron chi connectivity index (χ3n) is 4.31. The number of halogens is 1. The molecule has 0 aromatic heterocycles. The summed E-state index contributed by atoms with van der Waals surface area (Å²) in [5.41, 5.74) is 2.39. The van der Waals surface area contributed by atoms with Gasteiger partial charge in [0.05, 0.1) is 6.42 Å². The van der Waals surface area contributed by atoms with E-state index in [-0.39, 0.29) is 24.1 Å². The fourth-order valence-corrected chi connectivity index (χ4v) is 2.87. The first kappa shape index (κ1) is 21.7. The summed E-state index contributed by atoms with van der Waals surface area (Å²) in [6.07, 6.45) is 0.0955. The first-order valence-corrected chi connectivity index (χ1v) is 9.59. The van der Waals surface area contributed by atoms with Gasteiger partial charge in [0.25, 0.3) is 5.91 Å². The van der Waals surface area contributed by atoms with E-state index in [4.69, 9.17) is 4.74 Å². The van der Waals surface area contributed by atoms with Crippen molar-refractivity contribution in [3.05, 3.63) is 95.3 Å². The molecule has 2 amide bonds. The van der Waals surface area contributed by atoms with E-state index in [2.05, 4.69) is 10.6 Å². The second-order valence-electron chi connectivity index (χ2n) is 6.86. The predicted molar refractivity (Wildman–Crippen MR) is 114 cm³/mol. The summed E-state index contributed by atoms with van der Waals surface area (Å²) in [5.74, 6) is -1.09. The molecular weight excluding hydrogens is 399 g/mol. The fraction of sp³-hybridized carbons (Fsp3) is 0.125. The Morgan fingerprint density at radius 1 is 0.903 bits per heavy atom. The fourth-order valence-electron chi connectivity index (χ4n) is 2.87. The highest BCUT2D eigenvalue weighted by atomic mass is 19.1. The van der Waals surface area contributed by atoms with Gasteiger partial charge in [0.2, 0.25) is 5.91 Å². The van der Waals surface area contributed by atoms with Crippen LogP contribution in [0.3, 0.4) is 0 Å². The van der Waals surface area contributed by atoms with Crippen LogP contribution in [0.5, 0.6) is 5.75 Å². The van der Waals surface area contributed by atoms with Gasteiger partial charge in [-0.25, -0.2) is 4.39 Å². The average Bonchev–Trinajstić information content (AvgIpc) is 2.73. The first-order chi connectivity index (χ1) is 14.9. The smallest absolute Gasteiger partial charge is 0.308 e. The Kier molecular flexibility index (Phi) is 7.11. The molecule has 0 aliphatic carbocycles. The van der Waals surface area contributed by atoms with Gasteiger partial charge < -0.3 is 15.4 Å². The molecule has 0 saturated heterocycles. The molecule has 3 aromatic carbocycles. The van der Waals surface area contributed by atoms with Crippen molar-refractivity contribution in [2.24, 2.45) is 0 Å². The third-order valence-corrected chi connectivity index (χ3v) is 4.31. The highest BCUT2D eigenvalue weighted by Gasteiger charge is 2.09. The number of amides is 2. The van der Waals surface area contributed by atoms with Gasteiger partial charge in [-0.3, -0.25) is 14.4 Å². The van der Waals surface area contributed by atoms with E-state index in [1.807, 2.05) is 0 Å². The standard InChI is InChI=1S/C24H21FN2O4/c1-16(28)31-22-7-3-5-19(14-22)24(30)27-21-10-8-17(9-11-21)15-26-23(29)13-18-4-2-6-20(25)12-18/h2-12,14H,13,15H2,1H3,(H,26,29)(H,27,30). The lowest BCUT2D eigenvalue weighted by Gasteiger charge is -2.09. The average molecular weight is 420 g/mol. The van der Waals surface area contributed by atoms with Crippen LogP contribution < -0.4 is 15.4 Å². The van der Waals surface area contributed by atoms with Gasteiger partial charge in [0.1, 0.15) is 11.6 Å². The molecule has 2 N–H and O–H groups in total. The molecule has 6 nitrogen and oxygen atoms in total. The van der Waals surface area contributed by atoms with Crippen LogP contribution in [0.25, 0.3) is 0 Å². The maximum atomic E-state index is 13.2. The van der Waals surface area contributed by atoms with Gasteiger partial charge in [-0.1, -0.05) is 30.3 Å². The van der Waals surface area contributed by atoms with Gasteiger partial charge >= 0.3 is 5.97 Å². The molecule has 0 aliphatic rings. The van der Waals surface area contributed by atoms with E-state index in [1.54, 1.807) is 54.6 Å². The zero-order valence-corrected chi connectivity index (χ0v) is 16.9. The van der Waals surface area contributed by atoms with Crippen LogP contribution in [-0.4, -0.2) is 17.8 Å². The predicted octanol–water partition coefficient (Wildman–Crippen LogP) is 3.86. The maximum absolute atomic E-state index is 13.2. The minimum Gasteiger partial charge on any atom is -0.427 e. The molecule has 0 heterocycles. The zero-order chi connectivity index (χ0) is 22.2. The molecule has 158 valence electrons. The number of nitrogens with one attached hydrogen (secondary N) is 2. The van der Waals surface area contributed by atoms with E-state index in [0.29, 0.717) is 29.1 Å². The Bertz CT molecular complexity index is 1100. The summed E-state index contributed by atoms with van der Waals surface area (Å²) in [5, 5.41) is 5.55. The number of hydrogen-bond donors (Lipinski definition) is 2. The summed E-state index contributed by atoms with van der Waals surface area (Å²) in [6, 6.07) is 19.3. The van der Waals surface area contributed by atoms with Crippen molar-refractivity contribution in [2.75, 3.05) is 5.32 Å². The minimum atomic E-state index is -0.462. The highest BCUT2D eigenvalue weighted by molar-refractivity contribution is 6.04. The number of anilines is 1. The number of carbonyl (C=O) groups is 3. The lowest BCUT2D eigenvalue weighted by molar-refractivity contribution is -0.131. The molecule has 7 heteroatoms. The topological polar surface area (TPSA) is 84.5 Å². The summed E-state index contributed by atoms with van der Waals surface area (Å²) in [4.78, 5) is 35.5. The molecule has 0 spiro atoms. The molecule has 0 bridgehead atoms. The van der Waals surface area contributed by atoms with Crippen LogP contribution in [0, 0.1) is 5.82 Å². The van der Waals surface area contributed by atoms with Crippen LogP contribution in [0.4, 0.5) is 10.1 Å². The highest BCUT2D eigenvalue weighted by Crippen LogP contribution is 2.16. The van der Waals surface area contributed by atoms with Crippen LogP contribution in [0.2, 0.25) is 0 Å². The van der Waals surface area contributed by atoms with Gasteiger partial charge in [-0.15, -0.1) is 0 Å². The van der Waals surface area contributed by atoms with Crippen molar-refractivity contribution in [2.45, 2.75) is 19.9 Å². The second-order valence-corrected chi connectivity index (χ2v) is 6.86. The molecule has 0 fully saturated rings. The minimum absolute atomic E-state index is 0.0955. The third kappa shape index (κ3) is 6.78. The lowest BCUT2D eigenvalue weighted by atomic mass is 10.1. The van der Waals surface area contributed by atoms with Crippen molar-refractivity contribution in [1.29, 1.82) is 0 Å². The van der Waals surface area contributed by atoms with Gasteiger partial charge in [0, 0.05) is 24.7 Å². The first-order valence-electron chi connectivity index (χ1n) is 9.59. The van der Waals surface area contributed by atoms with Crippen LogP contribution >= 0.6 is 0 Å². The number of hydrogen-bond acceptors (Lipinski definition) is 4. The van der Waals surface area contributed by atoms with Crippen LogP contribution in [0.15, 0.2) is 72.8 Å². The SMILES string of the molecule is CC(=O)Oc1cccc(C(=O)Nc2ccc(CNC(=O)Cc3cccc(F)c3)cc2)c1. The summed E-state index contributed by atoms with van der Waals surface area (Å²) in [6.45, 7) is 1.60. The summed E-state index contributed by atoms with van der Waals surface area (Å²) in [7, 11) is 0.